The fourth-order valence-electron chi connectivity index (χ4n) is 0.868. The highest BCUT2D eigenvalue weighted by Crippen LogP contribution is 2.12. The number of ether oxygens (including phenoxy) is 1. The summed E-state index contributed by atoms with van der Waals surface area (Å²) in [5.74, 6) is 5.14. The molecule has 12 heavy (non-hydrogen) atoms. The van der Waals surface area contributed by atoms with E-state index in [1.807, 2.05) is 0 Å². The number of rotatable bonds is 2. The molecule has 0 spiro atoms. The number of carbonyl (C=O) groups is 1. The second kappa shape index (κ2) is 3.22. The molecule has 0 radical (unpaired) electrons. The molecular weight excluding hydrogens is 160 g/mol. The summed E-state index contributed by atoms with van der Waals surface area (Å²) in [4.78, 5) is 11.0. The Bertz CT molecular complexity index is 294. The van der Waals surface area contributed by atoms with Gasteiger partial charge in [-0.05, 0) is 0 Å². The van der Waals surface area contributed by atoms with Crippen molar-refractivity contribution in [3.05, 3.63) is 11.8 Å². The third-order valence-electron chi connectivity index (χ3n) is 1.48. The van der Waals surface area contributed by atoms with Gasteiger partial charge in [0.1, 0.15) is 5.56 Å². The second-order valence-electron chi connectivity index (χ2n) is 2.17. The van der Waals surface area contributed by atoms with Crippen molar-refractivity contribution in [2.24, 2.45) is 12.9 Å². The predicted molar refractivity (Wildman–Crippen MR) is 42.4 cm³/mol. The maximum atomic E-state index is 11.0. The van der Waals surface area contributed by atoms with Gasteiger partial charge >= 0.3 is 5.97 Å². The monoisotopic (exact) mass is 170 g/mol. The summed E-state index contributed by atoms with van der Waals surface area (Å²) in [6, 6.07) is 0. The van der Waals surface area contributed by atoms with E-state index in [4.69, 9.17) is 5.84 Å². The number of hydrogen-bond acceptors (Lipinski definition) is 5. The molecule has 0 bridgehead atoms. The first-order valence-electron chi connectivity index (χ1n) is 3.27. The maximum absolute atomic E-state index is 11.0. The van der Waals surface area contributed by atoms with Crippen molar-refractivity contribution in [3.63, 3.8) is 0 Å². The first-order valence-corrected chi connectivity index (χ1v) is 3.27. The molecule has 0 fully saturated rings. The number of nitrogens with two attached hydrogens (primary N) is 1. The van der Waals surface area contributed by atoms with E-state index in [1.165, 1.54) is 18.0 Å². The summed E-state index contributed by atoms with van der Waals surface area (Å²) in [5, 5.41) is 3.83. The molecule has 0 aromatic carbocycles. The lowest BCUT2D eigenvalue weighted by Gasteiger charge is -2.02. The fraction of sp³-hybridized carbons (Fsp3) is 0.333. The Morgan fingerprint density at radius 1 is 1.83 bits per heavy atom. The minimum Gasteiger partial charge on any atom is -0.465 e. The van der Waals surface area contributed by atoms with Crippen molar-refractivity contribution >= 4 is 11.8 Å². The number of nitrogens with zero attached hydrogens (tertiary/aromatic N) is 2. The summed E-state index contributed by atoms with van der Waals surface area (Å²) in [5.41, 5.74) is 2.68. The molecular formula is C6H10N4O2. The van der Waals surface area contributed by atoms with Crippen LogP contribution in [0.25, 0.3) is 0 Å². The maximum Gasteiger partial charge on any atom is 0.343 e. The van der Waals surface area contributed by atoms with E-state index in [9.17, 15) is 4.79 Å². The summed E-state index contributed by atoms with van der Waals surface area (Å²) < 4.78 is 5.95. The van der Waals surface area contributed by atoms with Crippen LogP contribution in [0, 0.1) is 0 Å². The van der Waals surface area contributed by atoms with Crippen LogP contribution in [0.15, 0.2) is 6.20 Å². The molecule has 66 valence electrons. The number of hydrazine groups is 1. The van der Waals surface area contributed by atoms with Crippen molar-refractivity contribution in [3.8, 4) is 0 Å². The number of aryl methyl sites for hydroxylation is 1. The van der Waals surface area contributed by atoms with E-state index in [2.05, 4.69) is 15.3 Å². The molecule has 0 saturated heterocycles. The topological polar surface area (TPSA) is 82.2 Å². The zero-order valence-corrected chi connectivity index (χ0v) is 6.87. The van der Waals surface area contributed by atoms with Crippen molar-refractivity contribution in [2.45, 2.75) is 0 Å². The molecule has 6 heteroatoms. The van der Waals surface area contributed by atoms with E-state index >= 15 is 0 Å². The summed E-state index contributed by atoms with van der Waals surface area (Å²) in [6.07, 6.45) is 1.39. The number of nitrogen functional groups attached to an aromatic ring is 1. The van der Waals surface area contributed by atoms with Crippen molar-refractivity contribution in [1.29, 1.82) is 0 Å². The summed E-state index contributed by atoms with van der Waals surface area (Å²) >= 11 is 0. The normalized spacial score (nSPS) is 9.58. The first kappa shape index (κ1) is 8.54. The minimum atomic E-state index is -0.462. The SMILES string of the molecule is COC(=O)c1cnn(C)c1NN. The van der Waals surface area contributed by atoms with Crippen LogP contribution in [0.1, 0.15) is 10.4 Å². The van der Waals surface area contributed by atoms with Gasteiger partial charge in [0, 0.05) is 7.05 Å². The van der Waals surface area contributed by atoms with Crippen LogP contribution in [0.4, 0.5) is 5.82 Å². The van der Waals surface area contributed by atoms with Gasteiger partial charge in [0.2, 0.25) is 0 Å². The van der Waals surface area contributed by atoms with E-state index in [1.54, 1.807) is 7.05 Å². The molecule has 1 aromatic heterocycles. The molecule has 0 saturated carbocycles. The van der Waals surface area contributed by atoms with Crippen LogP contribution in [0.5, 0.6) is 0 Å². The van der Waals surface area contributed by atoms with Crippen LogP contribution < -0.4 is 11.3 Å². The van der Waals surface area contributed by atoms with Crippen LogP contribution in [0.2, 0.25) is 0 Å². The lowest BCUT2D eigenvalue weighted by Crippen LogP contribution is -2.14. The molecule has 3 N–H and O–H groups in total. The molecule has 0 amide bonds. The number of aromatic nitrogens is 2. The Morgan fingerprint density at radius 2 is 2.50 bits per heavy atom. The van der Waals surface area contributed by atoms with Crippen LogP contribution in [-0.4, -0.2) is 22.9 Å². The second-order valence-corrected chi connectivity index (χ2v) is 2.17. The van der Waals surface area contributed by atoms with Crippen LogP contribution in [-0.2, 0) is 11.8 Å². The standard InChI is InChI=1S/C6H10N4O2/c1-10-5(9-7)4(3-8-10)6(11)12-2/h3,9H,7H2,1-2H3. The zero-order valence-electron chi connectivity index (χ0n) is 6.87. The average Bonchev–Trinajstić information content (AvgIpc) is 2.45. The van der Waals surface area contributed by atoms with Crippen LogP contribution in [0.3, 0.4) is 0 Å². The number of esters is 1. The van der Waals surface area contributed by atoms with E-state index in [0.29, 0.717) is 11.4 Å². The van der Waals surface area contributed by atoms with Crippen molar-refractivity contribution < 1.29 is 9.53 Å². The summed E-state index contributed by atoms with van der Waals surface area (Å²) in [7, 11) is 2.97. The van der Waals surface area contributed by atoms with E-state index in [0.717, 1.165) is 0 Å². The Labute approximate surface area is 69.3 Å². The lowest BCUT2D eigenvalue weighted by atomic mass is 10.3. The van der Waals surface area contributed by atoms with Gasteiger partial charge in [-0.3, -0.25) is 4.68 Å². The zero-order chi connectivity index (χ0) is 9.14. The van der Waals surface area contributed by atoms with Gasteiger partial charge in [0.15, 0.2) is 5.82 Å². The van der Waals surface area contributed by atoms with Crippen molar-refractivity contribution in [2.75, 3.05) is 12.5 Å². The highest BCUT2D eigenvalue weighted by atomic mass is 16.5. The number of nitrogens with one attached hydrogen (secondary N) is 1. The number of anilines is 1. The summed E-state index contributed by atoms with van der Waals surface area (Å²) in [6.45, 7) is 0. The third-order valence-corrected chi connectivity index (χ3v) is 1.48. The molecule has 0 aliphatic heterocycles. The fourth-order valence-corrected chi connectivity index (χ4v) is 0.868. The molecule has 0 atom stereocenters. The molecule has 0 unspecified atom stereocenters. The number of hydrogen-bond donors (Lipinski definition) is 2. The Kier molecular flexibility index (Phi) is 2.29. The quantitative estimate of drug-likeness (QED) is 0.355. The van der Waals surface area contributed by atoms with Gasteiger partial charge in [0.05, 0.1) is 13.3 Å². The highest BCUT2D eigenvalue weighted by molar-refractivity contribution is 5.94. The van der Waals surface area contributed by atoms with Gasteiger partial charge in [-0.2, -0.15) is 5.10 Å². The molecule has 1 aromatic rings. The van der Waals surface area contributed by atoms with Crippen LogP contribution >= 0.6 is 0 Å². The van der Waals surface area contributed by atoms with E-state index in [-0.39, 0.29) is 0 Å². The molecule has 1 rings (SSSR count). The predicted octanol–water partition coefficient (Wildman–Crippen LogP) is -0.508. The first-order chi connectivity index (χ1) is 5.70. The lowest BCUT2D eigenvalue weighted by molar-refractivity contribution is 0.0602. The Balaban J connectivity index is 3.07. The third kappa shape index (κ3) is 1.24. The highest BCUT2D eigenvalue weighted by Gasteiger charge is 2.14. The van der Waals surface area contributed by atoms with Gasteiger partial charge in [-0.15, -0.1) is 0 Å². The molecule has 0 aliphatic rings. The van der Waals surface area contributed by atoms with Gasteiger partial charge in [-0.1, -0.05) is 0 Å². The molecule has 1 heterocycles. The van der Waals surface area contributed by atoms with E-state index < -0.39 is 5.97 Å². The van der Waals surface area contributed by atoms with Gasteiger partial charge in [0.25, 0.3) is 0 Å². The number of methoxy groups -OCH3 is 1. The Hall–Kier alpha value is -1.56. The van der Waals surface area contributed by atoms with Crippen molar-refractivity contribution in [1.82, 2.24) is 9.78 Å². The smallest absolute Gasteiger partial charge is 0.343 e. The average molecular weight is 170 g/mol. The largest absolute Gasteiger partial charge is 0.465 e. The Morgan fingerprint density at radius 3 is 3.00 bits per heavy atom. The molecule has 6 nitrogen and oxygen atoms in total. The minimum absolute atomic E-state index is 0.322. The number of carbonyl (C=O) groups excluding carboxylic acids is 1. The van der Waals surface area contributed by atoms with Gasteiger partial charge < -0.3 is 10.2 Å². The van der Waals surface area contributed by atoms with Gasteiger partial charge in [-0.25, -0.2) is 10.6 Å². The molecule has 0 aliphatic carbocycles.